The number of hydrogen-bond acceptors (Lipinski definition) is 2. The first-order chi connectivity index (χ1) is 5.04. The van der Waals surface area contributed by atoms with Crippen molar-refractivity contribution in [3.05, 3.63) is 15.2 Å². The van der Waals surface area contributed by atoms with Crippen LogP contribution in [0.1, 0.15) is 5.56 Å². The first-order valence-electron chi connectivity index (χ1n) is 3.00. The Hall–Kier alpha value is -0.0200. The monoisotopic (exact) mass is 282 g/mol. The molecule has 0 aliphatic carbocycles. The van der Waals surface area contributed by atoms with Crippen LogP contribution in [0, 0.1) is 10.5 Å². The van der Waals surface area contributed by atoms with Crippen LogP contribution in [-0.4, -0.2) is 10.2 Å². The van der Waals surface area contributed by atoms with E-state index in [4.69, 9.17) is 5.11 Å². The Morgan fingerprint density at radius 1 is 1.45 bits per heavy atom. The van der Waals surface area contributed by atoms with Crippen LogP contribution < -0.4 is 5.30 Å². The average molecular weight is 282 g/mol. The second-order valence-corrected chi connectivity index (χ2v) is 4.00. The molecule has 0 bridgehead atoms. The molecule has 0 saturated carbocycles. The summed E-state index contributed by atoms with van der Waals surface area (Å²) in [5, 5.41) is 19.3. The fraction of sp³-hybridized carbons (Fsp3) is 0.143. The van der Waals surface area contributed by atoms with Crippen molar-refractivity contribution in [2.24, 2.45) is 0 Å². The SMILES string of the molecule is Cc1c(O)c(O)cc(I)c1P. The zero-order valence-corrected chi connectivity index (χ0v) is 9.24. The van der Waals surface area contributed by atoms with Gasteiger partial charge in [0.25, 0.3) is 0 Å². The third-order valence-electron chi connectivity index (χ3n) is 1.52. The summed E-state index contributed by atoms with van der Waals surface area (Å²) in [5.74, 6) is -0.0893. The largest absolute Gasteiger partial charge is 0.504 e. The van der Waals surface area contributed by atoms with Gasteiger partial charge in [0.2, 0.25) is 0 Å². The first kappa shape index (κ1) is 9.07. The molecular weight excluding hydrogens is 274 g/mol. The summed E-state index contributed by atoms with van der Waals surface area (Å²) in [6, 6.07) is 1.53. The maximum Gasteiger partial charge on any atom is 0.161 e. The standard InChI is InChI=1S/C7H8IO2P/c1-3-6(10)5(9)2-4(8)7(3)11/h2,9-10H,11H2,1H3. The van der Waals surface area contributed by atoms with Gasteiger partial charge in [-0.1, -0.05) is 0 Å². The van der Waals surface area contributed by atoms with Gasteiger partial charge >= 0.3 is 0 Å². The molecule has 2 N–H and O–H groups in total. The molecule has 0 aromatic heterocycles. The van der Waals surface area contributed by atoms with Crippen molar-refractivity contribution in [3.8, 4) is 11.5 Å². The van der Waals surface area contributed by atoms with Crippen molar-refractivity contribution in [2.45, 2.75) is 6.92 Å². The van der Waals surface area contributed by atoms with Crippen LogP contribution in [0.25, 0.3) is 0 Å². The number of phenolic OH excluding ortho intramolecular Hbond substituents is 2. The van der Waals surface area contributed by atoms with Crippen molar-refractivity contribution in [1.29, 1.82) is 0 Å². The molecule has 0 amide bonds. The molecule has 1 aromatic carbocycles. The normalized spacial score (nSPS) is 10.1. The Bertz CT molecular complexity index is 273. The highest BCUT2D eigenvalue weighted by molar-refractivity contribution is 14.1. The molecule has 0 heterocycles. The molecule has 2 nitrogen and oxygen atoms in total. The van der Waals surface area contributed by atoms with Gasteiger partial charge in [0, 0.05) is 9.13 Å². The number of halogens is 1. The second-order valence-electron chi connectivity index (χ2n) is 2.26. The zero-order chi connectivity index (χ0) is 8.59. The van der Waals surface area contributed by atoms with Crippen molar-refractivity contribution < 1.29 is 10.2 Å². The van der Waals surface area contributed by atoms with Crippen molar-refractivity contribution >= 4 is 37.1 Å². The zero-order valence-electron chi connectivity index (χ0n) is 5.93. The summed E-state index contributed by atoms with van der Waals surface area (Å²) in [4.78, 5) is 0. The number of rotatable bonds is 0. The van der Waals surface area contributed by atoms with E-state index in [0.29, 0.717) is 5.56 Å². The van der Waals surface area contributed by atoms with Gasteiger partial charge in [-0.3, -0.25) is 0 Å². The Kier molecular flexibility index (Phi) is 2.60. The van der Waals surface area contributed by atoms with E-state index in [9.17, 15) is 5.11 Å². The summed E-state index contributed by atoms with van der Waals surface area (Å²) in [5.41, 5.74) is 0.708. The Balaban J connectivity index is 3.46. The maximum absolute atomic E-state index is 9.24. The number of phenols is 2. The summed E-state index contributed by atoms with van der Waals surface area (Å²) < 4.78 is 0.931. The van der Waals surface area contributed by atoms with E-state index in [0.717, 1.165) is 8.87 Å². The van der Waals surface area contributed by atoms with Crippen LogP contribution >= 0.6 is 31.8 Å². The van der Waals surface area contributed by atoms with Crippen LogP contribution in [0.3, 0.4) is 0 Å². The average Bonchev–Trinajstić information content (AvgIpc) is 1.97. The van der Waals surface area contributed by atoms with Gasteiger partial charge in [-0.25, -0.2) is 0 Å². The van der Waals surface area contributed by atoms with E-state index in [1.807, 2.05) is 0 Å². The quantitative estimate of drug-likeness (QED) is 0.430. The van der Waals surface area contributed by atoms with Crippen molar-refractivity contribution in [3.63, 3.8) is 0 Å². The molecule has 1 rings (SSSR count). The molecule has 0 fully saturated rings. The molecule has 0 spiro atoms. The van der Waals surface area contributed by atoms with E-state index in [1.165, 1.54) is 6.07 Å². The van der Waals surface area contributed by atoms with Gasteiger partial charge in [0.05, 0.1) is 0 Å². The van der Waals surface area contributed by atoms with Gasteiger partial charge in [-0.15, -0.1) is 9.24 Å². The predicted molar refractivity (Wildman–Crippen MR) is 56.6 cm³/mol. The van der Waals surface area contributed by atoms with Gasteiger partial charge in [-0.05, 0) is 40.9 Å². The van der Waals surface area contributed by atoms with E-state index >= 15 is 0 Å². The molecule has 1 unspecified atom stereocenters. The van der Waals surface area contributed by atoms with Gasteiger partial charge in [0.1, 0.15) is 0 Å². The van der Waals surface area contributed by atoms with E-state index in [1.54, 1.807) is 6.92 Å². The lowest BCUT2D eigenvalue weighted by atomic mass is 10.2. The van der Waals surface area contributed by atoms with E-state index in [2.05, 4.69) is 31.8 Å². The fourth-order valence-electron chi connectivity index (χ4n) is 0.765. The molecule has 11 heavy (non-hydrogen) atoms. The lowest BCUT2D eigenvalue weighted by Crippen LogP contribution is -2.01. The van der Waals surface area contributed by atoms with Crippen LogP contribution in [0.4, 0.5) is 0 Å². The minimum atomic E-state index is -0.0573. The minimum absolute atomic E-state index is 0.0320. The molecule has 0 aliphatic rings. The molecule has 0 aliphatic heterocycles. The van der Waals surface area contributed by atoms with Crippen LogP contribution in [0.15, 0.2) is 6.07 Å². The second kappa shape index (κ2) is 3.15. The lowest BCUT2D eigenvalue weighted by molar-refractivity contribution is 0.401. The lowest BCUT2D eigenvalue weighted by Gasteiger charge is -2.06. The highest BCUT2D eigenvalue weighted by Crippen LogP contribution is 2.29. The van der Waals surface area contributed by atoms with Crippen LogP contribution in [0.5, 0.6) is 11.5 Å². The molecule has 1 aromatic rings. The molecule has 4 heteroatoms. The Morgan fingerprint density at radius 3 is 2.55 bits per heavy atom. The van der Waals surface area contributed by atoms with E-state index in [-0.39, 0.29) is 11.5 Å². The number of benzene rings is 1. The van der Waals surface area contributed by atoms with Gasteiger partial charge < -0.3 is 10.2 Å². The predicted octanol–water partition coefficient (Wildman–Crippen LogP) is 1.51. The highest BCUT2D eigenvalue weighted by Gasteiger charge is 2.08. The first-order valence-corrected chi connectivity index (χ1v) is 4.66. The van der Waals surface area contributed by atoms with E-state index < -0.39 is 0 Å². The highest BCUT2D eigenvalue weighted by atomic mass is 127. The van der Waals surface area contributed by atoms with Crippen molar-refractivity contribution in [1.82, 2.24) is 0 Å². The smallest absolute Gasteiger partial charge is 0.161 e. The number of hydrogen-bond donors (Lipinski definition) is 2. The van der Waals surface area contributed by atoms with Crippen molar-refractivity contribution in [2.75, 3.05) is 0 Å². The Labute approximate surface area is 81.0 Å². The summed E-state index contributed by atoms with van der Waals surface area (Å²) in [7, 11) is 2.52. The summed E-state index contributed by atoms with van der Waals surface area (Å²) in [6.07, 6.45) is 0. The minimum Gasteiger partial charge on any atom is -0.504 e. The van der Waals surface area contributed by atoms with Gasteiger partial charge in [0.15, 0.2) is 11.5 Å². The van der Waals surface area contributed by atoms with Crippen LogP contribution in [0.2, 0.25) is 0 Å². The topological polar surface area (TPSA) is 40.5 Å². The van der Waals surface area contributed by atoms with Gasteiger partial charge in [-0.2, -0.15) is 0 Å². The molecule has 0 saturated heterocycles. The third-order valence-corrected chi connectivity index (χ3v) is 3.75. The van der Waals surface area contributed by atoms with Crippen LogP contribution in [-0.2, 0) is 0 Å². The molecule has 1 atom stereocenters. The Morgan fingerprint density at radius 2 is 2.00 bits per heavy atom. The molecule has 60 valence electrons. The molecular formula is C7H8IO2P. The summed E-state index contributed by atoms with van der Waals surface area (Å²) >= 11 is 2.10. The number of aromatic hydroxyl groups is 2. The third kappa shape index (κ3) is 1.59. The maximum atomic E-state index is 9.24. The summed E-state index contributed by atoms with van der Waals surface area (Å²) in [6.45, 7) is 1.76. The molecule has 0 radical (unpaired) electrons. The fourth-order valence-corrected chi connectivity index (χ4v) is 1.68.